The first-order chi connectivity index (χ1) is 19.9. The highest BCUT2D eigenvalue weighted by Crippen LogP contribution is 2.48. The molecule has 0 bridgehead atoms. The van der Waals surface area contributed by atoms with E-state index in [-0.39, 0.29) is 12.7 Å². The molecular formula is C36H29NO4. The molecule has 0 aliphatic carbocycles. The Labute approximate surface area is 238 Å². The molecule has 202 valence electrons. The maximum Gasteiger partial charge on any atom is 0.261 e. The second-order valence-electron chi connectivity index (χ2n) is 10.8. The lowest BCUT2D eigenvalue weighted by molar-refractivity contribution is -0.117. The maximum absolute atomic E-state index is 14.8. The Balaban J connectivity index is 1.50. The van der Waals surface area contributed by atoms with E-state index in [1.165, 1.54) is 0 Å². The minimum absolute atomic E-state index is 0.175. The van der Waals surface area contributed by atoms with Crippen LogP contribution in [-0.2, 0) is 10.5 Å². The molecule has 2 aliphatic heterocycles. The van der Waals surface area contributed by atoms with E-state index in [0.29, 0.717) is 45.4 Å². The molecule has 0 saturated heterocycles. The Kier molecular flexibility index (Phi) is 5.91. The van der Waals surface area contributed by atoms with Gasteiger partial charge in [0.2, 0.25) is 6.79 Å². The van der Waals surface area contributed by atoms with Gasteiger partial charge in [0, 0.05) is 22.1 Å². The molecule has 0 aromatic heterocycles. The molecule has 2 heterocycles. The Hall–Kier alpha value is -4.87. The molecule has 0 spiro atoms. The van der Waals surface area contributed by atoms with Crippen LogP contribution in [0.2, 0.25) is 0 Å². The first-order valence-electron chi connectivity index (χ1n) is 13.8. The van der Waals surface area contributed by atoms with Gasteiger partial charge in [-0.25, -0.2) is 0 Å². The summed E-state index contributed by atoms with van der Waals surface area (Å²) < 4.78 is 11.1. The van der Waals surface area contributed by atoms with E-state index < -0.39 is 5.72 Å². The molecule has 1 atom stereocenters. The average molecular weight is 540 g/mol. The van der Waals surface area contributed by atoms with Gasteiger partial charge in [0.15, 0.2) is 17.2 Å². The summed E-state index contributed by atoms with van der Waals surface area (Å²) in [5.41, 5.74) is 3.27. The molecule has 0 radical (unpaired) electrons. The van der Waals surface area contributed by atoms with Crippen molar-refractivity contribution in [3.05, 3.63) is 137 Å². The van der Waals surface area contributed by atoms with E-state index in [0.717, 1.165) is 21.9 Å². The third kappa shape index (κ3) is 4.00. The number of carbonyl (C=O) groups is 1. The zero-order valence-corrected chi connectivity index (χ0v) is 22.9. The largest absolute Gasteiger partial charge is 0.454 e. The van der Waals surface area contributed by atoms with Crippen LogP contribution in [0.3, 0.4) is 0 Å². The molecule has 0 saturated carbocycles. The highest BCUT2D eigenvalue weighted by molar-refractivity contribution is 6.33. The summed E-state index contributed by atoms with van der Waals surface area (Å²) in [4.78, 5) is 16.3. The first-order valence-corrected chi connectivity index (χ1v) is 13.8. The number of hydrogen-bond acceptors (Lipinski definition) is 4. The van der Waals surface area contributed by atoms with Gasteiger partial charge >= 0.3 is 0 Å². The molecule has 1 unspecified atom stereocenters. The SMILES string of the molecule is CC(C)c1ccc(C2(O)c3ccccc3/C(=C\c3ccc4c(c3)OCO4)C(=O)N2c2cccc3ccccc23)cc1. The summed E-state index contributed by atoms with van der Waals surface area (Å²) in [7, 11) is 0. The lowest BCUT2D eigenvalue weighted by Gasteiger charge is -2.45. The van der Waals surface area contributed by atoms with Crippen LogP contribution in [0.1, 0.15) is 47.6 Å². The zero-order chi connectivity index (χ0) is 28.1. The van der Waals surface area contributed by atoms with E-state index in [1.807, 2.05) is 115 Å². The van der Waals surface area contributed by atoms with Gasteiger partial charge in [0.1, 0.15) is 0 Å². The second kappa shape index (κ2) is 9.65. The summed E-state index contributed by atoms with van der Waals surface area (Å²) in [6, 6.07) is 34.9. The molecule has 1 N–H and O–H groups in total. The molecule has 1 amide bonds. The van der Waals surface area contributed by atoms with E-state index in [4.69, 9.17) is 9.47 Å². The van der Waals surface area contributed by atoms with Crippen LogP contribution in [0.25, 0.3) is 22.4 Å². The number of amides is 1. The van der Waals surface area contributed by atoms with Gasteiger partial charge in [-0.3, -0.25) is 9.69 Å². The smallest absolute Gasteiger partial charge is 0.261 e. The Morgan fingerprint density at radius 3 is 2.39 bits per heavy atom. The van der Waals surface area contributed by atoms with Crippen molar-refractivity contribution in [3.63, 3.8) is 0 Å². The minimum Gasteiger partial charge on any atom is -0.454 e. The monoisotopic (exact) mass is 539 g/mol. The molecule has 7 rings (SSSR count). The molecule has 5 heteroatoms. The van der Waals surface area contributed by atoms with Gasteiger partial charge in [-0.2, -0.15) is 0 Å². The number of benzene rings is 5. The van der Waals surface area contributed by atoms with Gasteiger partial charge in [0.25, 0.3) is 5.91 Å². The first kappa shape index (κ1) is 25.1. The quantitative estimate of drug-likeness (QED) is 0.241. The molecular weight excluding hydrogens is 510 g/mol. The van der Waals surface area contributed by atoms with Crippen molar-refractivity contribution in [1.29, 1.82) is 0 Å². The number of nitrogens with zero attached hydrogens (tertiary/aromatic N) is 1. The van der Waals surface area contributed by atoms with Crippen LogP contribution in [0.15, 0.2) is 109 Å². The zero-order valence-electron chi connectivity index (χ0n) is 22.9. The van der Waals surface area contributed by atoms with Crippen molar-refractivity contribution in [2.75, 3.05) is 11.7 Å². The van der Waals surface area contributed by atoms with Crippen molar-refractivity contribution in [2.24, 2.45) is 0 Å². The maximum atomic E-state index is 14.8. The highest BCUT2D eigenvalue weighted by atomic mass is 16.7. The third-order valence-electron chi connectivity index (χ3n) is 8.04. The van der Waals surface area contributed by atoms with E-state index >= 15 is 0 Å². The molecule has 41 heavy (non-hydrogen) atoms. The standard InChI is InChI=1S/C36H29NO4/c1-23(2)25-15-17-27(18-16-25)36(39)31-12-6-5-11-29(31)30(20-24-14-19-33-34(21-24)41-22-40-33)35(38)37(36)32-13-7-9-26-8-3-4-10-28(26)32/h3-21,23,39H,22H2,1-2H3/b30-20+. The number of hydrogen-bond donors (Lipinski definition) is 1. The van der Waals surface area contributed by atoms with Crippen molar-refractivity contribution in [2.45, 2.75) is 25.5 Å². The fourth-order valence-electron chi connectivity index (χ4n) is 5.91. The predicted octanol–water partition coefficient (Wildman–Crippen LogP) is 7.47. The van der Waals surface area contributed by atoms with Crippen LogP contribution < -0.4 is 14.4 Å². The third-order valence-corrected chi connectivity index (χ3v) is 8.04. The lowest BCUT2D eigenvalue weighted by atomic mass is 9.80. The summed E-state index contributed by atoms with van der Waals surface area (Å²) in [5.74, 6) is 1.36. The molecule has 5 aromatic rings. The van der Waals surface area contributed by atoms with Crippen molar-refractivity contribution in [3.8, 4) is 11.5 Å². The normalized spacial score (nSPS) is 18.8. The van der Waals surface area contributed by atoms with E-state index in [2.05, 4.69) is 13.8 Å². The number of fused-ring (bicyclic) bond motifs is 3. The van der Waals surface area contributed by atoms with Crippen molar-refractivity contribution >= 4 is 34.0 Å². The number of aliphatic hydroxyl groups is 1. The fraction of sp³-hybridized carbons (Fsp3) is 0.139. The number of rotatable bonds is 4. The number of ether oxygens (including phenoxy) is 2. The molecule has 5 nitrogen and oxygen atoms in total. The predicted molar refractivity (Wildman–Crippen MR) is 162 cm³/mol. The topological polar surface area (TPSA) is 59.0 Å². The minimum atomic E-state index is -1.75. The average Bonchev–Trinajstić information content (AvgIpc) is 3.47. The van der Waals surface area contributed by atoms with Gasteiger partial charge < -0.3 is 14.6 Å². The van der Waals surface area contributed by atoms with Crippen LogP contribution in [-0.4, -0.2) is 17.8 Å². The molecule has 5 aromatic carbocycles. The highest BCUT2D eigenvalue weighted by Gasteiger charge is 2.49. The van der Waals surface area contributed by atoms with E-state index in [9.17, 15) is 9.90 Å². The van der Waals surface area contributed by atoms with Gasteiger partial charge in [-0.05, 0) is 52.3 Å². The number of carbonyl (C=O) groups excluding carboxylic acids is 1. The lowest BCUT2D eigenvalue weighted by Crippen LogP contribution is -2.54. The number of anilines is 1. The Morgan fingerprint density at radius 2 is 1.56 bits per heavy atom. The van der Waals surface area contributed by atoms with Gasteiger partial charge in [-0.1, -0.05) is 105 Å². The summed E-state index contributed by atoms with van der Waals surface area (Å²) in [6.45, 7) is 4.45. The molecule has 2 aliphatic rings. The summed E-state index contributed by atoms with van der Waals surface area (Å²) >= 11 is 0. The van der Waals surface area contributed by atoms with Crippen LogP contribution >= 0.6 is 0 Å². The van der Waals surface area contributed by atoms with Crippen molar-refractivity contribution < 1.29 is 19.4 Å². The van der Waals surface area contributed by atoms with Crippen molar-refractivity contribution in [1.82, 2.24) is 0 Å². The van der Waals surface area contributed by atoms with Crippen LogP contribution in [0.5, 0.6) is 11.5 Å². The summed E-state index contributed by atoms with van der Waals surface area (Å²) in [5, 5.41) is 14.8. The Bertz CT molecular complexity index is 1830. The van der Waals surface area contributed by atoms with Gasteiger partial charge in [0.05, 0.1) is 5.69 Å². The summed E-state index contributed by atoms with van der Waals surface area (Å²) in [6.07, 6.45) is 1.86. The molecule has 0 fully saturated rings. The second-order valence-corrected chi connectivity index (χ2v) is 10.8. The van der Waals surface area contributed by atoms with Gasteiger partial charge in [-0.15, -0.1) is 0 Å². The fourth-order valence-corrected chi connectivity index (χ4v) is 5.91. The Morgan fingerprint density at radius 1 is 0.829 bits per heavy atom. The van der Waals surface area contributed by atoms with E-state index in [1.54, 1.807) is 4.90 Å². The van der Waals surface area contributed by atoms with Crippen LogP contribution in [0.4, 0.5) is 5.69 Å². The van der Waals surface area contributed by atoms with Crippen LogP contribution in [0, 0.1) is 0 Å².